The Morgan fingerprint density at radius 2 is 2.25 bits per heavy atom. The fourth-order valence-electron chi connectivity index (χ4n) is 2.28. The van der Waals surface area contributed by atoms with Gasteiger partial charge in [-0.1, -0.05) is 12.8 Å². The molecule has 2 aliphatic rings. The smallest absolute Gasteiger partial charge is 0.0813 e. The van der Waals surface area contributed by atoms with Gasteiger partial charge in [-0.25, -0.2) is 0 Å². The summed E-state index contributed by atoms with van der Waals surface area (Å²) >= 11 is 0. The van der Waals surface area contributed by atoms with Crippen molar-refractivity contribution >= 4 is 0 Å². The molecule has 0 bridgehead atoms. The molecule has 12 heavy (non-hydrogen) atoms. The first-order valence-corrected chi connectivity index (χ1v) is 5.02. The molecule has 0 aromatic heterocycles. The third-order valence-electron chi connectivity index (χ3n) is 3.31. The normalized spacial score (nSPS) is 47.5. The van der Waals surface area contributed by atoms with Gasteiger partial charge in [-0.2, -0.15) is 0 Å². The molecule has 1 saturated heterocycles. The molecule has 0 amide bonds. The van der Waals surface area contributed by atoms with Crippen LogP contribution in [0.4, 0.5) is 0 Å². The number of ether oxygens (including phenoxy) is 1. The average molecular weight is 170 g/mol. The quantitative estimate of drug-likeness (QED) is 0.640. The third kappa shape index (κ3) is 1.80. The van der Waals surface area contributed by atoms with Gasteiger partial charge in [0.25, 0.3) is 0 Å². The predicted molar refractivity (Wildman–Crippen MR) is 46.9 cm³/mol. The van der Waals surface area contributed by atoms with Crippen LogP contribution in [0, 0.1) is 5.92 Å². The summed E-state index contributed by atoms with van der Waals surface area (Å²) in [5, 5.41) is 10.1. The SMILES string of the molecule is CC1(O)CCCCC1CC1CO1. The predicted octanol–water partition coefficient (Wildman–Crippen LogP) is 1.72. The van der Waals surface area contributed by atoms with Gasteiger partial charge in [-0.15, -0.1) is 0 Å². The molecular formula is C10H18O2. The number of epoxide rings is 1. The maximum absolute atomic E-state index is 10.1. The minimum absolute atomic E-state index is 0.412. The van der Waals surface area contributed by atoms with Gasteiger partial charge >= 0.3 is 0 Å². The zero-order valence-electron chi connectivity index (χ0n) is 7.75. The molecule has 1 aliphatic carbocycles. The summed E-state index contributed by atoms with van der Waals surface area (Å²) in [7, 11) is 0. The summed E-state index contributed by atoms with van der Waals surface area (Å²) in [4.78, 5) is 0. The highest BCUT2D eigenvalue weighted by atomic mass is 16.6. The second kappa shape index (κ2) is 3.00. The summed E-state index contributed by atoms with van der Waals surface area (Å²) in [5.41, 5.74) is -0.412. The number of hydrogen-bond acceptors (Lipinski definition) is 2. The van der Waals surface area contributed by atoms with Crippen LogP contribution in [0.5, 0.6) is 0 Å². The van der Waals surface area contributed by atoms with Crippen LogP contribution < -0.4 is 0 Å². The zero-order chi connectivity index (χ0) is 8.60. The molecule has 2 rings (SSSR count). The molecule has 3 unspecified atom stereocenters. The molecule has 70 valence electrons. The minimum Gasteiger partial charge on any atom is -0.390 e. The molecule has 1 heterocycles. The van der Waals surface area contributed by atoms with Crippen LogP contribution in [0.1, 0.15) is 39.0 Å². The molecule has 2 fully saturated rings. The average Bonchev–Trinajstić information content (AvgIpc) is 2.77. The van der Waals surface area contributed by atoms with E-state index in [0.29, 0.717) is 12.0 Å². The van der Waals surface area contributed by atoms with Crippen molar-refractivity contribution in [1.29, 1.82) is 0 Å². The lowest BCUT2D eigenvalue weighted by atomic mass is 9.74. The van der Waals surface area contributed by atoms with Crippen molar-refractivity contribution in [2.45, 2.75) is 50.7 Å². The van der Waals surface area contributed by atoms with Crippen molar-refractivity contribution in [1.82, 2.24) is 0 Å². The summed E-state index contributed by atoms with van der Waals surface area (Å²) in [6, 6.07) is 0. The maximum Gasteiger partial charge on any atom is 0.0813 e. The van der Waals surface area contributed by atoms with Gasteiger partial charge in [0.15, 0.2) is 0 Å². The molecule has 0 radical (unpaired) electrons. The summed E-state index contributed by atoms with van der Waals surface area (Å²) in [6.45, 7) is 2.91. The second-order valence-corrected chi connectivity index (χ2v) is 4.49. The molecule has 0 aromatic rings. The highest BCUT2D eigenvalue weighted by Crippen LogP contribution is 2.38. The Balaban J connectivity index is 1.90. The van der Waals surface area contributed by atoms with Crippen LogP contribution in [0.25, 0.3) is 0 Å². The highest BCUT2D eigenvalue weighted by molar-refractivity contribution is 4.89. The lowest BCUT2D eigenvalue weighted by molar-refractivity contribution is -0.0373. The number of rotatable bonds is 2. The lowest BCUT2D eigenvalue weighted by Gasteiger charge is -2.36. The van der Waals surface area contributed by atoms with Crippen molar-refractivity contribution in [3.05, 3.63) is 0 Å². The molecule has 2 heteroatoms. The molecule has 2 nitrogen and oxygen atoms in total. The monoisotopic (exact) mass is 170 g/mol. The van der Waals surface area contributed by atoms with E-state index in [4.69, 9.17) is 4.74 Å². The van der Waals surface area contributed by atoms with Gasteiger partial charge in [0.05, 0.1) is 18.3 Å². The van der Waals surface area contributed by atoms with E-state index >= 15 is 0 Å². The number of aliphatic hydroxyl groups is 1. The molecule has 1 aliphatic heterocycles. The van der Waals surface area contributed by atoms with Gasteiger partial charge in [-0.05, 0) is 32.1 Å². The van der Waals surface area contributed by atoms with Crippen molar-refractivity contribution in [3.63, 3.8) is 0 Å². The fourth-order valence-corrected chi connectivity index (χ4v) is 2.28. The van der Waals surface area contributed by atoms with Crippen molar-refractivity contribution < 1.29 is 9.84 Å². The Labute approximate surface area is 73.9 Å². The van der Waals surface area contributed by atoms with Gasteiger partial charge < -0.3 is 9.84 Å². The Morgan fingerprint density at radius 3 is 2.83 bits per heavy atom. The molecule has 0 aromatic carbocycles. The van der Waals surface area contributed by atoms with Gasteiger partial charge in [-0.3, -0.25) is 0 Å². The molecular weight excluding hydrogens is 152 g/mol. The molecule has 1 saturated carbocycles. The van der Waals surface area contributed by atoms with Crippen LogP contribution in [-0.4, -0.2) is 23.4 Å². The van der Waals surface area contributed by atoms with Crippen molar-refractivity contribution in [2.75, 3.05) is 6.61 Å². The van der Waals surface area contributed by atoms with E-state index in [-0.39, 0.29) is 0 Å². The standard InChI is InChI=1S/C10H18O2/c1-10(11)5-3-2-4-8(10)6-9-7-12-9/h8-9,11H,2-7H2,1H3. The van der Waals surface area contributed by atoms with Crippen molar-refractivity contribution in [2.24, 2.45) is 5.92 Å². The van der Waals surface area contributed by atoms with E-state index in [1.807, 2.05) is 6.92 Å². The van der Waals surface area contributed by atoms with E-state index in [1.165, 1.54) is 19.3 Å². The van der Waals surface area contributed by atoms with Gasteiger partial charge in [0.1, 0.15) is 0 Å². The van der Waals surface area contributed by atoms with E-state index in [1.54, 1.807) is 0 Å². The maximum atomic E-state index is 10.1. The van der Waals surface area contributed by atoms with Gasteiger partial charge in [0.2, 0.25) is 0 Å². The second-order valence-electron chi connectivity index (χ2n) is 4.49. The van der Waals surface area contributed by atoms with Crippen LogP contribution in [-0.2, 0) is 4.74 Å². The van der Waals surface area contributed by atoms with E-state index in [0.717, 1.165) is 19.4 Å². The zero-order valence-corrected chi connectivity index (χ0v) is 7.75. The van der Waals surface area contributed by atoms with Crippen LogP contribution in [0.3, 0.4) is 0 Å². The highest BCUT2D eigenvalue weighted by Gasteiger charge is 2.38. The fraction of sp³-hybridized carbons (Fsp3) is 1.00. The topological polar surface area (TPSA) is 32.8 Å². The van der Waals surface area contributed by atoms with Crippen LogP contribution in [0.2, 0.25) is 0 Å². The Kier molecular flexibility index (Phi) is 2.13. The van der Waals surface area contributed by atoms with E-state index < -0.39 is 5.60 Å². The Morgan fingerprint density at radius 1 is 1.50 bits per heavy atom. The van der Waals surface area contributed by atoms with Gasteiger partial charge in [0, 0.05) is 0 Å². The first-order chi connectivity index (χ1) is 5.68. The minimum atomic E-state index is -0.412. The first kappa shape index (κ1) is 8.52. The van der Waals surface area contributed by atoms with Crippen LogP contribution in [0.15, 0.2) is 0 Å². The third-order valence-corrected chi connectivity index (χ3v) is 3.31. The summed E-state index contributed by atoms with van der Waals surface area (Å²) in [5.74, 6) is 0.485. The lowest BCUT2D eigenvalue weighted by Crippen LogP contribution is -2.38. The van der Waals surface area contributed by atoms with E-state index in [2.05, 4.69) is 0 Å². The molecule has 1 N–H and O–H groups in total. The number of hydrogen-bond donors (Lipinski definition) is 1. The largest absolute Gasteiger partial charge is 0.390 e. The first-order valence-electron chi connectivity index (χ1n) is 5.02. The van der Waals surface area contributed by atoms with Crippen molar-refractivity contribution in [3.8, 4) is 0 Å². The Bertz CT molecular complexity index is 161. The summed E-state index contributed by atoms with van der Waals surface area (Å²) in [6.07, 6.45) is 6.19. The molecule has 0 spiro atoms. The van der Waals surface area contributed by atoms with Crippen LogP contribution >= 0.6 is 0 Å². The van der Waals surface area contributed by atoms with E-state index in [9.17, 15) is 5.11 Å². The summed E-state index contributed by atoms with van der Waals surface area (Å²) < 4.78 is 5.19. The molecule has 3 atom stereocenters. The Hall–Kier alpha value is -0.0800.